The number of thioether (sulfide) groups is 1. The van der Waals surface area contributed by atoms with E-state index >= 15 is 0 Å². The zero-order valence-corrected chi connectivity index (χ0v) is 19.3. The van der Waals surface area contributed by atoms with E-state index in [2.05, 4.69) is 11.4 Å². The summed E-state index contributed by atoms with van der Waals surface area (Å²) in [5.41, 5.74) is 0.552. The Balaban J connectivity index is 2.00. The summed E-state index contributed by atoms with van der Waals surface area (Å²) in [6.45, 7) is 9.40. The number of para-hydroxylation sites is 1. The molecular weight excluding hydrogens is 416 g/mol. The number of carbonyl (C=O) groups is 1. The molecule has 0 fully saturated rings. The first kappa shape index (κ1) is 22.1. The fourth-order valence-corrected chi connectivity index (χ4v) is 4.82. The summed E-state index contributed by atoms with van der Waals surface area (Å²) in [6, 6.07) is 11.5. The quantitative estimate of drug-likeness (QED) is 0.458. The van der Waals surface area contributed by atoms with Gasteiger partial charge < -0.3 is 5.32 Å². The number of fused-ring (bicyclic) bond motifs is 1. The highest BCUT2D eigenvalue weighted by Crippen LogP contribution is 2.29. The Labute approximate surface area is 183 Å². The fraction of sp³-hybridized carbons (Fsp3) is 0.364. The molecule has 0 aliphatic carbocycles. The summed E-state index contributed by atoms with van der Waals surface area (Å²) in [4.78, 5) is 32.4. The molecule has 1 amide bonds. The van der Waals surface area contributed by atoms with Gasteiger partial charge in [0.15, 0.2) is 5.16 Å². The predicted molar refractivity (Wildman–Crippen MR) is 122 cm³/mol. The first-order chi connectivity index (χ1) is 14.2. The summed E-state index contributed by atoms with van der Waals surface area (Å²) in [5, 5.41) is 13.3. The van der Waals surface area contributed by atoms with Crippen molar-refractivity contribution in [2.75, 3.05) is 5.75 Å². The number of nitrogens with zero attached hydrogens (tertiary/aromatic N) is 3. The van der Waals surface area contributed by atoms with Gasteiger partial charge in [-0.05, 0) is 44.4 Å². The lowest BCUT2D eigenvalue weighted by molar-refractivity contribution is -0.120. The van der Waals surface area contributed by atoms with Gasteiger partial charge >= 0.3 is 0 Å². The Hall–Kier alpha value is -2.63. The molecule has 30 heavy (non-hydrogen) atoms. The minimum absolute atomic E-state index is 0.0366. The van der Waals surface area contributed by atoms with Crippen molar-refractivity contribution in [1.29, 1.82) is 5.26 Å². The molecule has 3 rings (SSSR count). The largest absolute Gasteiger partial charge is 0.337 e. The van der Waals surface area contributed by atoms with E-state index in [4.69, 9.17) is 4.98 Å². The Kier molecular flexibility index (Phi) is 6.34. The second kappa shape index (κ2) is 8.62. The molecule has 6 nitrogen and oxygen atoms in total. The number of aromatic nitrogens is 2. The molecule has 1 aromatic carbocycles. The van der Waals surface area contributed by atoms with Crippen molar-refractivity contribution in [3.8, 4) is 11.8 Å². The predicted octanol–water partition coefficient (Wildman–Crippen LogP) is 4.21. The Bertz CT molecular complexity index is 1190. The maximum absolute atomic E-state index is 13.4. The van der Waals surface area contributed by atoms with Crippen LogP contribution in [0.25, 0.3) is 15.9 Å². The molecular formula is C22H24N4O2S2. The number of benzene rings is 1. The van der Waals surface area contributed by atoms with Crippen LogP contribution in [0.1, 0.15) is 31.2 Å². The molecule has 0 saturated heterocycles. The maximum Gasteiger partial charge on any atom is 0.267 e. The molecule has 3 aromatic rings. The number of hydrogen-bond donors (Lipinski definition) is 1. The summed E-state index contributed by atoms with van der Waals surface area (Å²) in [5.74, 6) is -0.256. The summed E-state index contributed by atoms with van der Waals surface area (Å²) >= 11 is 2.68. The second-order valence-corrected chi connectivity index (χ2v) is 9.79. The molecule has 0 saturated carbocycles. The van der Waals surface area contributed by atoms with E-state index in [0.717, 1.165) is 10.4 Å². The smallest absolute Gasteiger partial charge is 0.267 e. The van der Waals surface area contributed by atoms with Crippen LogP contribution in [0.5, 0.6) is 0 Å². The number of nitrogens with one attached hydrogen (secondary N) is 1. The van der Waals surface area contributed by atoms with Crippen LogP contribution in [-0.4, -0.2) is 26.8 Å². The SMILES string of the molecule is Cc1sc2nc(SCC(=O)N[C@@](C)(C#N)C(C)C)n(-c3ccccc3)c(=O)c2c1C. The van der Waals surface area contributed by atoms with Gasteiger partial charge in [-0.1, -0.05) is 43.8 Å². The third-order valence-corrected chi connectivity index (χ3v) is 7.34. The molecule has 0 radical (unpaired) electrons. The molecule has 1 N–H and O–H groups in total. The molecule has 1 atom stereocenters. The van der Waals surface area contributed by atoms with Crippen molar-refractivity contribution in [3.63, 3.8) is 0 Å². The van der Waals surface area contributed by atoms with Gasteiger partial charge in [-0.25, -0.2) is 4.98 Å². The van der Waals surface area contributed by atoms with Gasteiger partial charge in [-0.15, -0.1) is 11.3 Å². The van der Waals surface area contributed by atoms with Gasteiger partial charge in [0.2, 0.25) is 5.91 Å². The molecule has 0 aliphatic rings. The van der Waals surface area contributed by atoms with Crippen LogP contribution in [0.2, 0.25) is 0 Å². The van der Waals surface area contributed by atoms with Crippen molar-refractivity contribution >= 4 is 39.2 Å². The van der Waals surface area contributed by atoms with E-state index in [1.54, 1.807) is 11.5 Å². The number of nitriles is 1. The van der Waals surface area contributed by atoms with Crippen molar-refractivity contribution < 1.29 is 4.79 Å². The van der Waals surface area contributed by atoms with Crippen molar-refractivity contribution in [2.24, 2.45) is 5.92 Å². The number of carbonyl (C=O) groups excluding carboxylic acids is 1. The monoisotopic (exact) mass is 440 g/mol. The molecule has 156 valence electrons. The average Bonchev–Trinajstić information content (AvgIpc) is 3.00. The standard InChI is InChI=1S/C22H24N4O2S2/c1-13(2)22(5,12-23)25-17(27)11-29-21-24-19-18(14(3)15(4)30-19)20(28)26(21)16-9-7-6-8-10-16/h6-10,13H,11H2,1-5H3,(H,25,27)/t22-/m0/s1. The lowest BCUT2D eigenvalue weighted by atomic mass is 9.90. The normalized spacial score (nSPS) is 13.2. The third kappa shape index (κ3) is 4.13. The lowest BCUT2D eigenvalue weighted by Gasteiger charge is -2.27. The highest BCUT2D eigenvalue weighted by atomic mass is 32.2. The minimum atomic E-state index is -0.948. The summed E-state index contributed by atoms with van der Waals surface area (Å²) < 4.78 is 1.56. The Morgan fingerprint density at radius 3 is 2.60 bits per heavy atom. The molecule has 2 aromatic heterocycles. The summed E-state index contributed by atoms with van der Waals surface area (Å²) in [7, 11) is 0. The van der Waals surface area contributed by atoms with Crippen molar-refractivity contribution in [2.45, 2.75) is 45.3 Å². The van der Waals surface area contributed by atoms with Gasteiger partial charge in [0.1, 0.15) is 10.4 Å². The van der Waals surface area contributed by atoms with E-state index in [0.29, 0.717) is 21.1 Å². The van der Waals surface area contributed by atoms with Crippen LogP contribution in [0.4, 0.5) is 0 Å². The number of thiophene rings is 1. The van der Waals surface area contributed by atoms with E-state index < -0.39 is 5.54 Å². The topological polar surface area (TPSA) is 87.8 Å². The zero-order valence-electron chi connectivity index (χ0n) is 17.6. The van der Waals surface area contributed by atoms with Crippen LogP contribution < -0.4 is 10.9 Å². The van der Waals surface area contributed by atoms with Crippen LogP contribution >= 0.6 is 23.1 Å². The van der Waals surface area contributed by atoms with Gasteiger partial charge in [0.05, 0.1) is 22.9 Å². The van der Waals surface area contributed by atoms with Crippen LogP contribution in [0.3, 0.4) is 0 Å². The van der Waals surface area contributed by atoms with E-state index in [1.807, 2.05) is 58.0 Å². The average molecular weight is 441 g/mol. The Morgan fingerprint density at radius 1 is 1.33 bits per heavy atom. The maximum atomic E-state index is 13.4. The van der Waals surface area contributed by atoms with Gasteiger partial charge in [0, 0.05) is 4.88 Å². The second-order valence-electron chi connectivity index (χ2n) is 7.64. The highest BCUT2D eigenvalue weighted by Gasteiger charge is 2.30. The zero-order chi connectivity index (χ0) is 22.1. The van der Waals surface area contributed by atoms with Crippen LogP contribution in [-0.2, 0) is 4.79 Å². The number of amides is 1. The Morgan fingerprint density at radius 2 is 2.00 bits per heavy atom. The van der Waals surface area contributed by atoms with Crippen molar-refractivity contribution in [1.82, 2.24) is 14.9 Å². The van der Waals surface area contributed by atoms with E-state index in [9.17, 15) is 14.9 Å². The molecule has 0 unspecified atom stereocenters. The van der Waals surface area contributed by atoms with Crippen molar-refractivity contribution in [3.05, 3.63) is 51.1 Å². The van der Waals surface area contributed by atoms with E-state index in [1.165, 1.54) is 23.1 Å². The first-order valence-electron chi connectivity index (χ1n) is 9.61. The molecule has 0 spiro atoms. The van der Waals surface area contributed by atoms with E-state index in [-0.39, 0.29) is 23.1 Å². The molecule has 8 heteroatoms. The number of rotatable bonds is 6. The van der Waals surface area contributed by atoms with Crippen LogP contribution in [0, 0.1) is 31.1 Å². The van der Waals surface area contributed by atoms with Gasteiger partial charge in [-0.2, -0.15) is 5.26 Å². The van der Waals surface area contributed by atoms with Gasteiger partial charge in [0.25, 0.3) is 5.56 Å². The fourth-order valence-electron chi connectivity index (χ4n) is 2.93. The molecule has 2 heterocycles. The number of aryl methyl sites for hydroxylation is 2. The summed E-state index contributed by atoms with van der Waals surface area (Å²) in [6.07, 6.45) is 0. The lowest BCUT2D eigenvalue weighted by Crippen LogP contribution is -2.49. The third-order valence-electron chi connectivity index (χ3n) is 5.30. The number of hydrogen-bond acceptors (Lipinski definition) is 6. The molecule has 0 aliphatic heterocycles. The minimum Gasteiger partial charge on any atom is -0.337 e. The van der Waals surface area contributed by atoms with Crippen LogP contribution in [0.15, 0.2) is 40.3 Å². The van der Waals surface area contributed by atoms with Gasteiger partial charge in [-0.3, -0.25) is 14.2 Å². The molecule has 0 bridgehead atoms. The highest BCUT2D eigenvalue weighted by molar-refractivity contribution is 7.99. The first-order valence-corrected chi connectivity index (χ1v) is 11.4.